The van der Waals surface area contributed by atoms with E-state index in [4.69, 9.17) is 4.94 Å². The van der Waals surface area contributed by atoms with Crippen LogP contribution in [0.1, 0.15) is 6.92 Å². The summed E-state index contributed by atoms with van der Waals surface area (Å²) < 4.78 is 0. The average molecular weight is 165 g/mol. The molecule has 68 valence electrons. The average Bonchev–Trinajstić information content (AvgIpc) is 2.00. The lowest BCUT2D eigenvalue weighted by atomic mass is 10.8. The van der Waals surface area contributed by atoms with Gasteiger partial charge in [0.25, 0.3) is 0 Å². The number of hydroxylamine groups is 4. The molecule has 0 aromatic rings. The highest BCUT2D eigenvalue weighted by Gasteiger charge is 2.01. The highest BCUT2D eigenvalue weighted by atomic mass is 17.1. The van der Waals surface area contributed by atoms with Crippen LogP contribution in [0.2, 0.25) is 0 Å². The largest absolute Gasteiger partial charge is 0.279 e. The van der Waals surface area contributed by atoms with Crippen LogP contribution < -0.4 is 5.64 Å². The van der Waals surface area contributed by atoms with E-state index in [2.05, 4.69) is 15.4 Å². The van der Waals surface area contributed by atoms with Crippen molar-refractivity contribution >= 4 is 0 Å². The van der Waals surface area contributed by atoms with Crippen LogP contribution >= 0.6 is 0 Å². The Morgan fingerprint density at radius 3 is 2.45 bits per heavy atom. The van der Waals surface area contributed by atoms with Crippen molar-refractivity contribution in [3.63, 3.8) is 0 Å². The van der Waals surface area contributed by atoms with Gasteiger partial charge in [-0.2, -0.15) is 14.9 Å². The van der Waals surface area contributed by atoms with E-state index in [-0.39, 0.29) is 0 Å². The topological polar surface area (TPSA) is 46.2 Å². The molecule has 0 aromatic carbocycles. The Balaban J connectivity index is 3.27. The predicted octanol–water partition coefficient (Wildman–Crippen LogP) is -0.286. The molecule has 6 nitrogen and oxygen atoms in total. The summed E-state index contributed by atoms with van der Waals surface area (Å²) in [6.07, 6.45) is 0. The molecule has 11 heavy (non-hydrogen) atoms. The van der Waals surface area contributed by atoms with Crippen molar-refractivity contribution in [3.8, 4) is 0 Å². The van der Waals surface area contributed by atoms with Gasteiger partial charge in [-0.1, -0.05) is 12.6 Å². The molecule has 0 rings (SSSR count). The molecule has 0 fully saturated rings. The SMILES string of the molecule is CCN(C)ON(C)ONOC. The van der Waals surface area contributed by atoms with E-state index in [0.29, 0.717) is 0 Å². The van der Waals surface area contributed by atoms with Crippen LogP contribution in [0, 0.1) is 0 Å². The Hall–Kier alpha value is -0.240. The minimum absolute atomic E-state index is 0.765. The molecule has 0 aliphatic carbocycles. The van der Waals surface area contributed by atoms with Crippen LogP contribution in [-0.2, 0) is 14.7 Å². The van der Waals surface area contributed by atoms with Crippen molar-refractivity contribution in [2.24, 2.45) is 0 Å². The maximum Gasteiger partial charge on any atom is 0.0599 e. The van der Waals surface area contributed by atoms with E-state index >= 15 is 0 Å². The molecule has 1 N–H and O–H groups in total. The first kappa shape index (κ1) is 10.8. The van der Waals surface area contributed by atoms with Crippen molar-refractivity contribution in [1.82, 2.24) is 15.9 Å². The summed E-state index contributed by atoms with van der Waals surface area (Å²) in [5, 5.41) is 2.73. The lowest BCUT2D eigenvalue weighted by Crippen LogP contribution is -2.34. The maximum absolute atomic E-state index is 5.00. The number of hydrogen-bond donors (Lipinski definition) is 1. The summed E-state index contributed by atoms with van der Waals surface area (Å²) in [5.41, 5.74) is 2.15. The molecule has 0 aliphatic rings. The Morgan fingerprint density at radius 2 is 2.00 bits per heavy atom. The van der Waals surface area contributed by atoms with Gasteiger partial charge in [-0.15, -0.1) is 0 Å². The molecule has 0 heterocycles. The van der Waals surface area contributed by atoms with Gasteiger partial charge in [0, 0.05) is 20.6 Å². The standard InChI is InChI=1S/C5H15N3O3/c1-5-7(2)11-8(3)10-6-9-4/h6H,5H2,1-4H3. The van der Waals surface area contributed by atoms with Crippen LogP contribution in [0.5, 0.6) is 0 Å². The fourth-order valence-electron chi connectivity index (χ4n) is 0.360. The van der Waals surface area contributed by atoms with E-state index in [1.165, 1.54) is 7.11 Å². The van der Waals surface area contributed by atoms with Crippen LogP contribution in [0.3, 0.4) is 0 Å². The molecule has 6 heteroatoms. The molecule has 0 saturated heterocycles. The Bertz CT molecular complexity index is 93.0. The third kappa shape index (κ3) is 6.17. The van der Waals surface area contributed by atoms with E-state index in [1.807, 2.05) is 6.92 Å². The van der Waals surface area contributed by atoms with Crippen molar-refractivity contribution in [3.05, 3.63) is 0 Å². The third-order valence-electron chi connectivity index (χ3n) is 0.949. The van der Waals surface area contributed by atoms with Gasteiger partial charge in [-0.25, -0.2) is 0 Å². The van der Waals surface area contributed by atoms with E-state index in [1.54, 1.807) is 19.2 Å². The van der Waals surface area contributed by atoms with Gasteiger partial charge >= 0.3 is 0 Å². The van der Waals surface area contributed by atoms with Crippen LogP contribution in [0.25, 0.3) is 0 Å². The van der Waals surface area contributed by atoms with Crippen molar-refractivity contribution in [2.45, 2.75) is 6.92 Å². The number of hydrogen-bond acceptors (Lipinski definition) is 6. The third-order valence-corrected chi connectivity index (χ3v) is 0.949. The molecule has 0 aromatic heterocycles. The van der Waals surface area contributed by atoms with Crippen LogP contribution in [0.15, 0.2) is 0 Å². The first-order valence-corrected chi connectivity index (χ1v) is 3.28. The highest BCUT2D eigenvalue weighted by Crippen LogP contribution is 1.88. The fourth-order valence-corrected chi connectivity index (χ4v) is 0.360. The summed E-state index contributed by atoms with van der Waals surface area (Å²) in [7, 11) is 4.82. The molecule has 0 spiro atoms. The molecular weight excluding hydrogens is 150 g/mol. The van der Waals surface area contributed by atoms with Crippen molar-refractivity contribution in [1.29, 1.82) is 0 Å². The van der Waals surface area contributed by atoms with Gasteiger partial charge in [0.1, 0.15) is 0 Å². The molecule has 0 amide bonds. The first-order chi connectivity index (χ1) is 5.20. The number of nitrogens with one attached hydrogen (secondary N) is 1. The number of nitrogens with zero attached hydrogens (tertiary/aromatic N) is 2. The minimum atomic E-state index is 0.765. The fraction of sp³-hybridized carbons (Fsp3) is 1.00. The molecule has 0 atom stereocenters. The molecule has 0 saturated carbocycles. The molecule has 0 bridgehead atoms. The van der Waals surface area contributed by atoms with Crippen LogP contribution in [-0.4, -0.2) is 38.0 Å². The summed E-state index contributed by atoms with van der Waals surface area (Å²) >= 11 is 0. The second-order valence-electron chi connectivity index (χ2n) is 1.84. The summed E-state index contributed by atoms with van der Waals surface area (Å²) in [4.78, 5) is 14.1. The van der Waals surface area contributed by atoms with Gasteiger partial charge in [0.2, 0.25) is 0 Å². The van der Waals surface area contributed by atoms with Crippen LogP contribution in [0.4, 0.5) is 0 Å². The normalized spacial score (nSPS) is 11.5. The zero-order valence-electron chi connectivity index (χ0n) is 7.33. The van der Waals surface area contributed by atoms with Gasteiger partial charge in [-0.3, -0.25) is 4.84 Å². The molecule has 0 aliphatic heterocycles. The maximum atomic E-state index is 5.00. The Morgan fingerprint density at radius 1 is 1.36 bits per heavy atom. The Labute approximate surface area is 66.4 Å². The van der Waals surface area contributed by atoms with Crippen molar-refractivity contribution < 1.29 is 14.7 Å². The Kier molecular flexibility index (Phi) is 6.33. The molecule has 0 radical (unpaired) electrons. The van der Waals surface area contributed by atoms with Crippen molar-refractivity contribution in [2.75, 3.05) is 27.7 Å². The van der Waals surface area contributed by atoms with E-state index in [9.17, 15) is 0 Å². The van der Waals surface area contributed by atoms with Gasteiger partial charge in [0.15, 0.2) is 0 Å². The van der Waals surface area contributed by atoms with E-state index < -0.39 is 0 Å². The highest BCUT2D eigenvalue weighted by molar-refractivity contribution is 4.18. The van der Waals surface area contributed by atoms with Gasteiger partial charge in [-0.05, 0) is 5.23 Å². The quantitative estimate of drug-likeness (QED) is 0.546. The minimum Gasteiger partial charge on any atom is -0.279 e. The lowest BCUT2D eigenvalue weighted by molar-refractivity contribution is -0.479. The second-order valence-corrected chi connectivity index (χ2v) is 1.84. The zero-order valence-corrected chi connectivity index (χ0v) is 7.33. The zero-order chi connectivity index (χ0) is 8.69. The monoisotopic (exact) mass is 165 g/mol. The molecule has 0 unspecified atom stereocenters. The molecular formula is C5H15N3O3. The summed E-state index contributed by atoms with van der Waals surface area (Å²) in [6, 6.07) is 0. The second kappa shape index (κ2) is 6.47. The first-order valence-electron chi connectivity index (χ1n) is 3.28. The summed E-state index contributed by atoms with van der Waals surface area (Å²) in [5.74, 6) is 0. The smallest absolute Gasteiger partial charge is 0.0599 e. The summed E-state index contributed by atoms with van der Waals surface area (Å²) in [6.45, 7) is 2.72. The van der Waals surface area contributed by atoms with E-state index in [0.717, 1.165) is 11.8 Å². The van der Waals surface area contributed by atoms with Gasteiger partial charge in [0.05, 0.1) is 7.11 Å². The number of rotatable bonds is 6. The van der Waals surface area contributed by atoms with Gasteiger partial charge < -0.3 is 0 Å². The predicted molar refractivity (Wildman–Crippen MR) is 38.4 cm³/mol. The lowest BCUT2D eigenvalue weighted by Gasteiger charge is -2.19.